The van der Waals surface area contributed by atoms with Crippen molar-refractivity contribution >= 4 is 5.91 Å². The molecule has 1 spiro atoms. The Kier molecular flexibility index (Phi) is 4.28. The third-order valence-electron chi connectivity index (χ3n) is 5.57. The maximum Gasteiger partial charge on any atom is 0.244 e. The lowest BCUT2D eigenvalue weighted by Gasteiger charge is -2.39. The minimum atomic E-state index is -0.213. The summed E-state index contributed by atoms with van der Waals surface area (Å²) >= 11 is 0. The second-order valence-electron chi connectivity index (χ2n) is 7.85. The van der Waals surface area contributed by atoms with Crippen molar-refractivity contribution in [1.82, 2.24) is 15.1 Å². The van der Waals surface area contributed by atoms with E-state index >= 15 is 0 Å². The van der Waals surface area contributed by atoms with Gasteiger partial charge >= 0.3 is 0 Å². The predicted octanol–water partition coefficient (Wildman–Crippen LogP) is 2.20. The molecule has 2 atom stereocenters. The van der Waals surface area contributed by atoms with Gasteiger partial charge in [-0.2, -0.15) is 0 Å². The zero-order valence-electron chi connectivity index (χ0n) is 13.9. The molecular weight excluding hydrogens is 262 g/mol. The quantitative estimate of drug-likeness (QED) is 0.866. The molecule has 0 aromatic carbocycles. The third kappa shape index (κ3) is 2.85. The van der Waals surface area contributed by atoms with E-state index in [9.17, 15) is 4.79 Å². The molecule has 1 aliphatic carbocycles. The lowest BCUT2D eigenvalue weighted by atomic mass is 9.96. The molecule has 3 fully saturated rings. The summed E-state index contributed by atoms with van der Waals surface area (Å²) in [5.41, 5.74) is -0.213. The Bertz CT molecular complexity index is 389. The fourth-order valence-electron chi connectivity index (χ4n) is 4.58. The van der Waals surface area contributed by atoms with E-state index in [1.807, 2.05) is 0 Å². The van der Waals surface area contributed by atoms with Crippen LogP contribution >= 0.6 is 0 Å². The van der Waals surface area contributed by atoms with Gasteiger partial charge in [0, 0.05) is 12.6 Å². The van der Waals surface area contributed by atoms with E-state index in [0.717, 1.165) is 25.8 Å². The molecule has 2 heterocycles. The lowest BCUT2D eigenvalue weighted by Crippen LogP contribution is -2.52. The van der Waals surface area contributed by atoms with Crippen LogP contribution in [0.5, 0.6) is 0 Å². The summed E-state index contributed by atoms with van der Waals surface area (Å²) in [6.45, 7) is 6.73. The lowest BCUT2D eigenvalue weighted by molar-refractivity contribution is -0.136. The average molecular weight is 293 g/mol. The summed E-state index contributed by atoms with van der Waals surface area (Å²) in [5.74, 6) is 1.03. The minimum Gasteiger partial charge on any atom is -0.321 e. The zero-order valence-corrected chi connectivity index (χ0v) is 13.9. The van der Waals surface area contributed by atoms with Gasteiger partial charge in [-0.15, -0.1) is 0 Å². The fraction of sp³-hybridized carbons (Fsp3) is 0.941. The van der Waals surface area contributed by atoms with Crippen LogP contribution in [0.25, 0.3) is 0 Å². The number of nitrogens with zero attached hydrogens (tertiary/aromatic N) is 2. The maximum atomic E-state index is 13.2. The number of carbonyl (C=O) groups excluding carboxylic acids is 1. The molecule has 4 nitrogen and oxygen atoms in total. The molecule has 3 aliphatic rings. The van der Waals surface area contributed by atoms with Crippen molar-refractivity contribution in [3.8, 4) is 0 Å². The first-order valence-electron chi connectivity index (χ1n) is 8.81. The van der Waals surface area contributed by atoms with Gasteiger partial charge in [-0.3, -0.25) is 10.1 Å². The number of likely N-dealkylation sites (tertiary alicyclic amines) is 1. The molecule has 1 amide bonds. The molecule has 2 unspecified atom stereocenters. The number of rotatable bonds is 3. The highest BCUT2D eigenvalue weighted by molar-refractivity contribution is 5.89. The van der Waals surface area contributed by atoms with Crippen LogP contribution < -0.4 is 5.32 Å². The summed E-state index contributed by atoms with van der Waals surface area (Å²) in [7, 11) is 2.18. The number of piperidine rings is 1. The molecule has 3 rings (SSSR count). The van der Waals surface area contributed by atoms with Gasteiger partial charge in [-0.25, -0.2) is 0 Å². The highest BCUT2D eigenvalue weighted by Crippen LogP contribution is 2.39. The van der Waals surface area contributed by atoms with E-state index in [1.165, 1.54) is 32.2 Å². The van der Waals surface area contributed by atoms with Crippen molar-refractivity contribution in [3.63, 3.8) is 0 Å². The summed E-state index contributed by atoms with van der Waals surface area (Å²) in [5, 5.41) is 3.77. The molecule has 0 radical (unpaired) electrons. The molecule has 21 heavy (non-hydrogen) atoms. The Morgan fingerprint density at radius 2 is 2.00 bits per heavy atom. The van der Waals surface area contributed by atoms with Crippen LogP contribution in [0.1, 0.15) is 58.8 Å². The van der Waals surface area contributed by atoms with Crippen molar-refractivity contribution in [1.29, 1.82) is 0 Å². The van der Waals surface area contributed by atoms with Crippen molar-refractivity contribution in [2.24, 2.45) is 5.92 Å². The van der Waals surface area contributed by atoms with E-state index in [1.54, 1.807) is 0 Å². The highest BCUT2D eigenvalue weighted by Gasteiger charge is 2.54. The van der Waals surface area contributed by atoms with E-state index in [0.29, 0.717) is 17.9 Å². The zero-order chi connectivity index (χ0) is 15.0. The Labute approximate surface area is 129 Å². The normalized spacial score (nSPS) is 33.5. The maximum absolute atomic E-state index is 13.2. The molecule has 0 aromatic rings. The van der Waals surface area contributed by atoms with Crippen molar-refractivity contribution in [3.05, 3.63) is 0 Å². The molecule has 1 saturated carbocycles. The molecule has 120 valence electrons. The number of likely N-dealkylation sites (N-methyl/N-ethyl adjacent to an activating group) is 1. The molecule has 0 aromatic heterocycles. The Morgan fingerprint density at radius 3 is 2.62 bits per heavy atom. The molecule has 2 aliphatic heterocycles. The summed E-state index contributed by atoms with van der Waals surface area (Å²) in [6.07, 6.45) is 8.20. The number of hydrogen-bond donors (Lipinski definition) is 1. The minimum absolute atomic E-state index is 0.213. The van der Waals surface area contributed by atoms with E-state index in [2.05, 4.69) is 36.0 Å². The van der Waals surface area contributed by atoms with E-state index in [4.69, 9.17) is 0 Å². The summed E-state index contributed by atoms with van der Waals surface area (Å²) in [4.78, 5) is 17.8. The van der Waals surface area contributed by atoms with Crippen LogP contribution in [0.2, 0.25) is 0 Å². The van der Waals surface area contributed by atoms with Crippen LogP contribution in [-0.2, 0) is 4.79 Å². The van der Waals surface area contributed by atoms with Gasteiger partial charge in [0.1, 0.15) is 0 Å². The molecule has 2 saturated heterocycles. The second kappa shape index (κ2) is 5.88. The number of amides is 1. The molecular formula is C17H31N3O. The van der Waals surface area contributed by atoms with Crippen LogP contribution in [0.15, 0.2) is 0 Å². The Balaban J connectivity index is 1.81. The SMILES string of the molecule is CC(C)CC1NC2(CCCC2)C(=O)N1C1CCCN(C)C1. The molecule has 1 N–H and O–H groups in total. The van der Waals surface area contributed by atoms with Gasteiger partial charge in [0.2, 0.25) is 5.91 Å². The van der Waals surface area contributed by atoms with E-state index < -0.39 is 0 Å². The highest BCUT2D eigenvalue weighted by atomic mass is 16.2. The first-order chi connectivity index (χ1) is 10.0. The van der Waals surface area contributed by atoms with Crippen molar-refractivity contribution < 1.29 is 4.79 Å². The molecule has 4 heteroatoms. The molecule has 0 bridgehead atoms. The Hall–Kier alpha value is -0.610. The first kappa shape index (κ1) is 15.3. The van der Waals surface area contributed by atoms with Crippen LogP contribution in [0.3, 0.4) is 0 Å². The standard InChI is InChI=1S/C17H31N3O/c1-13(2)11-15-18-17(8-4-5-9-17)16(21)20(15)14-7-6-10-19(3)12-14/h13-15,18H,4-12H2,1-3H3. The van der Waals surface area contributed by atoms with Crippen LogP contribution in [-0.4, -0.2) is 53.6 Å². The van der Waals surface area contributed by atoms with Gasteiger partial charge in [0.05, 0.1) is 11.7 Å². The predicted molar refractivity (Wildman–Crippen MR) is 84.9 cm³/mol. The topological polar surface area (TPSA) is 35.6 Å². The van der Waals surface area contributed by atoms with E-state index in [-0.39, 0.29) is 11.7 Å². The number of hydrogen-bond acceptors (Lipinski definition) is 3. The fourth-order valence-corrected chi connectivity index (χ4v) is 4.58. The van der Waals surface area contributed by atoms with Crippen molar-refractivity contribution in [2.45, 2.75) is 76.5 Å². The van der Waals surface area contributed by atoms with Crippen LogP contribution in [0.4, 0.5) is 0 Å². The monoisotopic (exact) mass is 293 g/mol. The number of nitrogens with one attached hydrogen (secondary N) is 1. The van der Waals surface area contributed by atoms with Gasteiger partial charge in [-0.1, -0.05) is 26.7 Å². The van der Waals surface area contributed by atoms with Gasteiger partial charge in [-0.05, 0) is 51.6 Å². The smallest absolute Gasteiger partial charge is 0.244 e. The van der Waals surface area contributed by atoms with Gasteiger partial charge in [0.25, 0.3) is 0 Å². The second-order valence-corrected chi connectivity index (χ2v) is 7.85. The van der Waals surface area contributed by atoms with Gasteiger partial charge < -0.3 is 9.80 Å². The third-order valence-corrected chi connectivity index (χ3v) is 5.57. The van der Waals surface area contributed by atoms with Crippen LogP contribution in [0, 0.1) is 5.92 Å². The average Bonchev–Trinajstić information content (AvgIpc) is 2.97. The largest absolute Gasteiger partial charge is 0.321 e. The number of carbonyl (C=O) groups is 1. The van der Waals surface area contributed by atoms with Gasteiger partial charge in [0.15, 0.2) is 0 Å². The first-order valence-corrected chi connectivity index (χ1v) is 8.81. The Morgan fingerprint density at radius 1 is 1.29 bits per heavy atom. The summed E-state index contributed by atoms with van der Waals surface area (Å²) in [6, 6.07) is 0.410. The summed E-state index contributed by atoms with van der Waals surface area (Å²) < 4.78 is 0. The van der Waals surface area contributed by atoms with Crippen molar-refractivity contribution in [2.75, 3.05) is 20.1 Å².